The van der Waals surface area contributed by atoms with E-state index in [-0.39, 0.29) is 17.7 Å². The zero-order valence-electron chi connectivity index (χ0n) is 22.2. The van der Waals surface area contributed by atoms with Crippen LogP contribution in [0.15, 0.2) is 66.9 Å². The first-order chi connectivity index (χ1) is 19.7. The van der Waals surface area contributed by atoms with Gasteiger partial charge in [-0.05, 0) is 60.9 Å². The van der Waals surface area contributed by atoms with E-state index in [0.29, 0.717) is 39.6 Å². The van der Waals surface area contributed by atoms with Gasteiger partial charge in [-0.1, -0.05) is 35.9 Å². The van der Waals surface area contributed by atoms with E-state index in [4.69, 9.17) is 11.6 Å². The average molecular weight is 568 g/mol. The van der Waals surface area contributed by atoms with Crippen molar-refractivity contribution in [3.63, 3.8) is 0 Å². The number of carbonyl (C=O) groups is 4. The zero-order valence-corrected chi connectivity index (χ0v) is 23.0. The predicted octanol–water partition coefficient (Wildman–Crippen LogP) is 4.26. The summed E-state index contributed by atoms with van der Waals surface area (Å²) in [5.74, 6) is -3.18. The van der Waals surface area contributed by atoms with E-state index in [2.05, 4.69) is 20.9 Å². The molecule has 0 bridgehead atoms. The van der Waals surface area contributed by atoms with Crippen molar-refractivity contribution in [2.24, 2.45) is 11.8 Å². The molecule has 4 N–H and O–H groups in total. The number of rotatable bonds is 4. The summed E-state index contributed by atoms with van der Waals surface area (Å²) in [6.07, 6.45) is 2.34. The van der Waals surface area contributed by atoms with Crippen molar-refractivity contribution in [2.75, 3.05) is 15.5 Å². The highest BCUT2D eigenvalue weighted by Crippen LogP contribution is 2.55. The van der Waals surface area contributed by atoms with Crippen molar-refractivity contribution in [1.82, 2.24) is 10.3 Å². The van der Waals surface area contributed by atoms with Crippen LogP contribution in [0, 0.1) is 18.8 Å². The Morgan fingerprint density at radius 1 is 1.02 bits per heavy atom. The third-order valence-electron chi connectivity index (χ3n) is 8.65. The average Bonchev–Trinajstić information content (AvgIpc) is 3.66. The molecule has 206 valence electrons. The maximum absolute atomic E-state index is 14.3. The van der Waals surface area contributed by atoms with E-state index in [1.807, 2.05) is 37.4 Å². The van der Waals surface area contributed by atoms with Gasteiger partial charge in [0.05, 0.1) is 23.2 Å². The van der Waals surface area contributed by atoms with Crippen LogP contribution in [0.3, 0.4) is 0 Å². The third kappa shape index (κ3) is 3.59. The number of carbonyl (C=O) groups excluding carboxylic acids is 4. The quantitative estimate of drug-likeness (QED) is 0.274. The van der Waals surface area contributed by atoms with E-state index >= 15 is 0 Å². The van der Waals surface area contributed by atoms with Crippen molar-refractivity contribution < 1.29 is 19.2 Å². The molecule has 7 rings (SSSR count). The second kappa shape index (κ2) is 9.02. The minimum Gasteiger partial charge on any atom is -0.361 e. The molecule has 4 aromatic rings. The van der Waals surface area contributed by atoms with Crippen molar-refractivity contribution in [2.45, 2.75) is 31.8 Å². The predicted molar refractivity (Wildman–Crippen MR) is 156 cm³/mol. The maximum Gasteiger partial charge on any atom is 0.250 e. The molecule has 4 atom stereocenters. The molecule has 1 spiro atoms. The van der Waals surface area contributed by atoms with E-state index < -0.39 is 29.3 Å². The normalized spacial score (nSPS) is 24.7. The number of nitrogens with zero attached hydrogens (tertiary/aromatic N) is 1. The highest BCUT2D eigenvalue weighted by molar-refractivity contribution is 6.32. The molecule has 0 saturated carbocycles. The number of amides is 4. The molecule has 4 heterocycles. The number of fused-ring (bicyclic) bond motifs is 5. The Hall–Kier alpha value is -4.47. The largest absolute Gasteiger partial charge is 0.361 e. The molecule has 0 radical (unpaired) electrons. The Labute approximate surface area is 240 Å². The minimum absolute atomic E-state index is 0.227. The van der Waals surface area contributed by atoms with Crippen LogP contribution in [0.5, 0.6) is 0 Å². The van der Waals surface area contributed by atoms with Gasteiger partial charge in [0.1, 0.15) is 5.54 Å². The molecule has 3 aliphatic rings. The second-order valence-corrected chi connectivity index (χ2v) is 11.3. The molecule has 3 aliphatic heterocycles. The van der Waals surface area contributed by atoms with Gasteiger partial charge in [-0.3, -0.25) is 24.5 Å². The van der Waals surface area contributed by atoms with Gasteiger partial charge in [-0.2, -0.15) is 0 Å². The smallest absolute Gasteiger partial charge is 0.250 e. The second-order valence-electron chi connectivity index (χ2n) is 10.9. The molecule has 3 aromatic carbocycles. The lowest BCUT2D eigenvalue weighted by Gasteiger charge is -2.29. The molecule has 10 heteroatoms. The molecule has 41 heavy (non-hydrogen) atoms. The highest BCUT2D eigenvalue weighted by Gasteiger charge is 2.70. The van der Waals surface area contributed by atoms with Crippen LogP contribution in [-0.4, -0.2) is 34.7 Å². The summed E-state index contributed by atoms with van der Waals surface area (Å²) in [6.45, 7) is 3.23. The van der Waals surface area contributed by atoms with E-state index in [1.54, 1.807) is 36.4 Å². The molecular weight excluding hydrogens is 542 g/mol. The summed E-state index contributed by atoms with van der Waals surface area (Å²) in [5, 5.41) is 10.7. The molecule has 2 fully saturated rings. The van der Waals surface area contributed by atoms with Crippen LogP contribution in [0.2, 0.25) is 5.02 Å². The number of benzene rings is 3. The molecule has 1 aromatic heterocycles. The lowest BCUT2D eigenvalue weighted by Crippen LogP contribution is -2.53. The number of nitrogens with one attached hydrogen (secondary N) is 4. The summed E-state index contributed by atoms with van der Waals surface area (Å²) >= 11 is 6.39. The van der Waals surface area contributed by atoms with Gasteiger partial charge < -0.3 is 15.6 Å². The van der Waals surface area contributed by atoms with Gasteiger partial charge in [-0.15, -0.1) is 0 Å². The number of para-hydroxylation sites is 1. The van der Waals surface area contributed by atoms with E-state index in [0.717, 1.165) is 16.5 Å². The first-order valence-corrected chi connectivity index (χ1v) is 13.8. The number of anilines is 3. The summed E-state index contributed by atoms with van der Waals surface area (Å²) in [4.78, 5) is 58.3. The molecular formula is C31H26ClN5O4. The summed E-state index contributed by atoms with van der Waals surface area (Å²) in [5.41, 5.74) is 3.33. The molecule has 2 saturated heterocycles. The van der Waals surface area contributed by atoms with Crippen LogP contribution in [0.25, 0.3) is 10.9 Å². The SMILES string of the molecule is CC(=O)Nc1ccc(N2C(=O)[C@@H]3[C@H](Cc4c[nH]c5ccccc45)N[C@]4(C(=O)Nc5c4ccc(Cl)c5C)[C@@H]3C2=O)cc1. The molecule has 4 amide bonds. The minimum atomic E-state index is -1.44. The first-order valence-electron chi connectivity index (χ1n) is 13.4. The van der Waals surface area contributed by atoms with Crippen LogP contribution in [0.1, 0.15) is 23.6 Å². The molecule has 9 nitrogen and oxygen atoms in total. The van der Waals surface area contributed by atoms with E-state index in [1.165, 1.54) is 11.8 Å². The topological polar surface area (TPSA) is 123 Å². The van der Waals surface area contributed by atoms with Gasteiger partial charge >= 0.3 is 0 Å². The van der Waals surface area contributed by atoms with Crippen LogP contribution in [-0.2, 0) is 31.1 Å². The Balaban J connectivity index is 1.35. The van der Waals surface area contributed by atoms with Gasteiger partial charge in [0, 0.05) is 46.3 Å². The van der Waals surface area contributed by atoms with Gasteiger partial charge in [-0.25, -0.2) is 4.90 Å². The number of halogens is 1. The fraction of sp³-hybridized carbons (Fsp3) is 0.226. The Morgan fingerprint density at radius 3 is 2.54 bits per heavy atom. The van der Waals surface area contributed by atoms with Crippen molar-refractivity contribution in [3.05, 3.63) is 88.6 Å². The van der Waals surface area contributed by atoms with Crippen LogP contribution >= 0.6 is 11.6 Å². The highest BCUT2D eigenvalue weighted by atomic mass is 35.5. The van der Waals surface area contributed by atoms with E-state index in [9.17, 15) is 19.2 Å². The summed E-state index contributed by atoms with van der Waals surface area (Å²) in [6, 6.07) is 17.4. The van der Waals surface area contributed by atoms with Crippen molar-refractivity contribution in [3.8, 4) is 0 Å². The number of imide groups is 1. The summed E-state index contributed by atoms with van der Waals surface area (Å²) < 4.78 is 0. The standard InChI is InChI=1S/C31H26ClN5O4/c1-15-22(32)12-11-21-27(15)35-30(41)31(21)26-25(24(36-31)13-17-14-33-23-6-4-3-5-20(17)23)28(39)37(29(26)40)19-9-7-18(8-10-19)34-16(2)38/h3-12,14,24-26,33,36H,13H2,1-2H3,(H,34,38)(H,35,41)/t24-,25+,26-,31-/m0/s1. The zero-order chi connectivity index (χ0) is 28.6. The Bertz CT molecular complexity index is 1800. The maximum atomic E-state index is 14.3. The fourth-order valence-corrected chi connectivity index (χ4v) is 7.01. The number of aromatic amines is 1. The van der Waals surface area contributed by atoms with Crippen molar-refractivity contribution in [1.29, 1.82) is 0 Å². The number of H-pyrrole nitrogens is 1. The van der Waals surface area contributed by atoms with Gasteiger partial charge in [0.2, 0.25) is 23.6 Å². The molecule has 0 unspecified atom stereocenters. The number of hydrogen-bond acceptors (Lipinski definition) is 5. The van der Waals surface area contributed by atoms with Gasteiger partial charge in [0.25, 0.3) is 0 Å². The number of hydrogen-bond donors (Lipinski definition) is 4. The van der Waals surface area contributed by atoms with Crippen LogP contribution in [0.4, 0.5) is 17.1 Å². The van der Waals surface area contributed by atoms with Crippen LogP contribution < -0.4 is 20.9 Å². The third-order valence-corrected chi connectivity index (χ3v) is 9.05. The Kier molecular flexibility index (Phi) is 5.61. The van der Waals surface area contributed by atoms with Gasteiger partial charge in [0.15, 0.2) is 0 Å². The first kappa shape index (κ1) is 25.5. The lowest BCUT2D eigenvalue weighted by molar-refractivity contribution is -0.130. The lowest BCUT2D eigenvalue weighted by atomic mass is 9.76. The summed E-state index contributed by atoms with van der Waals surface area (Å²) in [7, 11) is 0. The fourth-order valence-electron chi connectivity index (χ4n) is 6.85. The Morgan fingerprint density at radius 2 is 1.78 bits per heavy atom. The number of aromatic nitrogens is 1. The molecule has 0 aliphatic carbocycles. The van der Waals surface area contributed by atoms with Crippen molar-refractivity contribution >= 4 is 63.2 Å². The monoisotopic (exact) mass is 567 g/mol.